The molecular weight excluding hydrogens is 240 g/mol. The first-order valence-corrected chi connectivity index (χ1v) is 6.83. The number of hydrogen-bond donors (Lipinski definition) is 2. The number of hydrogen-bond acceptors (Lipinski definition) is 3. The molecule has 1 aliphatic rings. The quantitative estimate of drug-likeness (QED) is 0.875. The smallest absolute Gasteiger partial charge is 0.255 e. The van der Waals surface area contributed by atoms with Crippen molar-refractivity contribution >= 4 is 5.91 Å². The molecule has 0 bridgehead atoms. The van der Waals surface area contributed by atoms with E-state index in [1.807, 2.05) is 25.1 Å². The van der Waals surface area contributed by atoms with Crippen LogP contribution in [0.5, 0.6) is 5.75 Å². The molecule has 0 saturated heterocycles. The van der Waals surface area contributed by atoms with Gasteiger partial charge >= 0.3 is 0 Å². The summed E-state index contributed by atoms with van der Waals surface area (Å²) in [5, 5.41) is 3.04. The van der Waals surface area contributed by atoms with E-state index >= 15 is 0 Å². The Bertz CT molecular complexity index is 459. The van der Waals surface area contributed by atoms with Crippen LogP contribution in [0.25, 0.3) is 0 Å². The number of nitrogens with two attached hydrogens (primary N) is 1. The van der Waals surface area contributed by atoms with Gasteiger partial charge < -0.3 is 15.8 Å². The zero-order valence-corrected chi connectivity index (χ0v) is 11.6. The lowest BCUT2D eigenvalue weighted by atomic mass is 9.91. The van der Waals surface area contributed by atoms with Gasteiger partial charge in [-0.05, 0) is 31.9 Å². The van der Waals surface area contributed by atoms with Gasteiger partial charge in [0.2, 0.25) is 0 Å². The molecular formula is C15H22N2O2. The second-order valence-corrected chi connectivity index (χ2v) is 5.23. The molecule has 1 aromatic rings. The molecule has 2 rings (SSSR count). The lowest BCUT2D eigenvalue weighted by Crippen LogP contribution is -2.49. The molecule has 1 fully saturated rings. The summed E-state index contributed by atoms with van der Waals surface area (Å²) in [7, 11) is 1.58. The molecule has 1 saturated carbocycles. The summed E-state index contributed by atoms with van der Waals surface area (Å²) >= 11 is 0. The Kier molecular flexibility index (Phi) is 4.43. The molecule has 104 valence electrons. The van der Waals surface area contributed by atoms with E-state index in [0.29, 0.717) is 11.3 Å². The summed E-state index contributed by atoms with van der Waals surface area (Å²) < 4.78 is 5.25. The van der Waals surface area contributed by atoms with Crippen LogP contribution in [0.3, 0.4) is 0 Å². The highest BCUT2D eigenvalue weighted by Gasteiger charge is 2.24. The highest BCUT2D eigenvalue weighted by atomic mass is 16.5. The minimum Gasteiger partial charge on any atom is -0.496 e. The SMILES string of the molecule is COc1ccc(C)cc1C(=O)N[C@@H]1CCCC[C@H]1N. The van der Waals surface area contributed by atoms with Crippen LogP contribution in [0, 0.1) is 6.92 Å². The molecule has 1 amide bonds. The molecule has 0 spiro atoms. The van der Waals surface area contributed by atoms with Crippen molar-refractivity contribution in [3.63, 3.8) is 0 Å². The summed E-state index contributed by atoms with van der Waals surface area (Å²) in [5.74, 6) is 0.510. The van der Waals surface area contributed by atoms with Crippen LogP contribution < -0.4 is 15.8 Å². The molecule has 2 atom stereocenters. The fraction of sp³-hybridized carbons (Fsp3) is 0.533. The Balaban J connectivity index is 2.13. The molecule has 0 unspecified atom stereocenters. The highest BCUT2D eigenvalue weighted by molar-refractivity contribution is 5.97. The first kappa shape index (κ1) is 13.9. The second-order valence-electron chi connectivity index (χ2n) is 5.23. The first-order valence-electron chi connectivity index (χ1n) is 6.83. The Morgan fingerprint density at radius 2 is 2.11 bits per heavy atom. The number of aryl methyl sites for hydroxylation is 1. The topological polar surface area (TPSA) is 64.3 Å². The molecule has 4 nitrogen and oxygen atoms in total. The van der Waals surface area contributed by atoms with Crippen molar-refractivity contribution in [2.24, 2.45) is 5.73 Å². The average Bonchev–Trinajstić information content (AvgIpc) is 2.41. The lowest BCUT2D eigenvalue weighted by molar-refractivity contribution is 0.0918. The van der Waals surface area contributed by atoms with Gasteiger partial charge in [-0.25, -0.2) is 0 Å². The number of amides is 1. The molecule has 19 heavy (non-hydrogen) atoms. The van der Waals surface area contributed by atoms with E-state index < -0.39 is 0 Å². The highest BCUT2D eigenvalue weighted by Crippen LogP contribution is 2.21. The number of carbonyl (C=O) groups excluding carboxylic acids is 1. The summed E-state index contributed by atoms with van der Waals surface area (Å²) in [5.41, 5.74) is 7.68. The Hall–Kier alpha value is -1.55. The average molecular weight is 262 g/mol. The van der Waals surface area contributed by atoms with Gasteiger partial charge in [-0.2, -0.15) is 0 Å². The molecule has 0 radical (unpaired) electrons. The normalized spacial score (nSPS) is 22.9. The van der Waals surface area contributed by atoms with Crippen LogP contribution in [-0.4, -0.2) is 25.1 Å². The van der Waals surface area contributed by atoms with Crippen LogP contribution >= 0.6 is 0 Å². The fourth-order valence-electron chi connectivity index (χ4n) is 2.58. The predicted octanol–water partition coefficient (Wildman–Crippen LogP) is 2.00. The van der Waals surface area contributed by atoms with Gasteiger partial charge in [0.1, 0.15) is 5.75 Å². The van der Waals surface area contributed by atoms with Gasteiger partial charge in [0.15, 0.2) is 0 Å². The summed E-state index contributed by atoms with van der Waals surface area (Å²) in [6.07, 6.45) is 4.22. The Morgan fingerprint density at radius 3 is 2.79 bits per heavy atom. The van der Waals surface area contributed by atoms with E-state index in [1.165, 1.54) is 0 Å². The van der Waals surface area contributed by atoms with Crippen molar-refractivity contribution in [1.29, 1.82) is 0 Å². The standard InChI is InChI=1S/C15H22N2O2/c1-10-7-8-14(19-2)11(9-10)15(18)17-13-6-4-3-5-12(13)16/h7-9,12-13H,3-6,16H2,1-2H3,(H,17,18)/t12-,13-/m1/s1. The molecule has 4 heteroatoms. The Morgan fingerprint density at radius 1 is 1.37 bits per heavy atom. The van der Waals surface area contributed by atoms with Crippen molar-refractivity contribution in [3.8, 4) is 5.75 Å². The summed E-state index contributed by atoms with van der Waals surface area (Å²) in [6, 6.07) is 5.75. The van der Waals surface area contributed by atoms with Crippen LogP contribution in [-0.2, 0) is 0 Å². The lowest BCUT2D eigenvalue weighted by Gasteiger charge is -2.29. The van der Waals surface area contributed by atoms with Crippen LogP contribution in [0.2, 0.25) is 0 Å². The second kappa shape index (κ2) is 6.06. The van der Waals surface area contributed by atoms with E-state index in [-0.39, 0.29) is 18.0 Å². The molecule has 0 aromatic heterocycles. The van der Waals surface area contributed by atoms with E-state index in [9.17, 15) is 4.79 Å². The Labute approximate surface area is 114 Å². The van der Waals surface area contributed by atoms with Gasteiger partial charge in [-0.15, -0.1) is 0 Å². The van der Waals surface area contributed by atoms with Gasteiger partial charge in [0, 0.05) is 12.1 Å². The van der Waals surface area contributed by atoms with E-state index in [4.69, 9.17) is 10.5 Å². The van der Waals surface area contributed by atoms with Crippen molar-refractivity contribution in [2.45, 2.75) is 44.7 Å². The number of rotatable bonds is 3. The third kappa shape index (κ3) is 3.26. The van der Waals surface area contributed by atoms with E-state index in [1.54, 1.807) is 7.11 Å². The number of carbonyl (C=O) groups is 1. The van der Waals surface area contributed by atoms with Gasteiger partial charge in [0.05, 0.1) is 12.7 Å². The zero-order valence-electron chi connectivity index (χ0n) is 11.6. The maximum Gasteiger partial charge on any atom is 0.255 e. The fourth-order valence-corrected chi connectivity index (χ4v) is 2.58. The van der Waals surface area contributed by atoms with Crippen LogP contribution in [0.4, 0.5) is 0 Å². The maximum atomic E-state index is 12.3. The number of ether oxygens (including phenoxy) is 1. The summed E-state index contributed by atoms with van der Waals surface area (Å²) in [6.45, 7) is 1.96. The number of benzene rings is 1. The van der Waals surface area contributed by atoms with Crippen LogP contribution in [0.1, 0.15) is 41.6 Å². The largest absolute Gasteiger partial charge is 0.496 e. The molecule has 0 aliphatic heterocycles. The van der Waals surface area contributed by atoms with E-state index in [0.717, 1.165) is 31.2 Å². The zero-order chi connectivity index (χ0) is 13.8. The predicted molar refractivity (Wildman–Crippen MR) is 75.4 cm³/mol. The van der Waals surface area contributed by atoms with Crippen molar-refractivity contribution in [3.05, 3.63) is 29.3 Å². The third-order valence-electron chi connectivity index (χ3n) is 3.74. The molecule has 0 heterocycles. The molecule has 1 aromatic carbocycles. The maximum absolute atomic E-state index is 12.3. The first-order chi connectivity index (χ1) is 9.11. The van der Waals surface area contributed by atoms with Crippen molar-refractivity contribution in [1.82, 2.24) is 5.32 Å². The minimum atomic E-state index is -0.0945. The van der Waals surface area contributed by atoms with Crippen molar-refractivity contribution < 1.29 is 9.53 Å². The van der Waals surface area contributed by atoms with Gasteiger partial charge in [-0.3, -0.25) is 4.79 Å². The monoisotopic (exact) mass is 262 g/mol. The van der Waals surface area contributed by atoms with Crippen molar-refractivity contribution in [2.75, 3.05) is 7.11 Å². The van der Waals surface area contributed by atoms with Crippen LogP contribution in [0.15, 0.2) is 18.2 Å². The summed E-state index contributed by atoms with van der Waals surface area (Å²) in [4.78, 5) is 12.3. The van der Waals surface area contributed by atoms with E-state index in [2.05, 4.69) is 5.32 Å². The minimum absolute atomic E-state index is 0.0634. The molecule has 3 N–H and O–H groups in total. The van der Waals surface area contributed by atoms with Gasteiger partial charge in [-0.1, -0.05) is 24.5 Å². The molecule has 1 aliphatic carbocycles. The van der Waals surface area contributed by atoms with Gasteiger partial charge in [0.25, 0.3) is 5.91 Å². The third-order valence-corrected chi connectivity index (χ3v) is 3.74. The number of methoxy groups -OCH3 is 1. The number of nitrogens with one attached hydrogen (secondary N) is 1.